The lowest BCUT2D eigenvalue weighted by molar-refractivity contribution is -0.117. The molecule has 0 spiro atoms. The van der Waals surface area contributed by atoms with Crippen LogP contribution in [0.4, 0.5) is 10.8 Å². The fourth-order valence-electron chi connectivity index (χ4n) is 3.33. The third-order valence-electron chi connectivity index (χ3n) is 4.66. The standard InChI is InChI=1S/C23H21BrN4O2S/c1-14-10-15(2)12-19(11-14)28(22(29)9-8-21-25-16(3)27-30-21)23-26-20(13-31-23)17-4-6-18(24)7-5-17/h4-7,10-13H,8-9H2,1-3H3. The Bertz CT molecular complexity index is 1200. The quantitative estimate of drug-likeness (QED) is 0.318. The first-order chi connectivity index (χ1) is 14.9. The molecule has 4 aromatic rings. The smallest absolute Gasteiger partial charge is 0.233 e. The molecule has 0 atom stereocenters. The number of benzene rings is 2. The first-order valence-corrected chi connectivity index (χ1v) is 11.5. The summed E-state index contributed by atoms with van der Waals surface area (Å²) in [6.45, 7) is 5.81. The Labute approximate surface area is 193 Å². The summed E-state index contributed by atoms with van der Waals surface area (Å²) in [7, 11) is 0. The second-order valence-electron chi connectivity index (χ2n) is 7.33. The molecule has 1 amide bonds. The molecule has 0 saturated heterocycles. The highest BCUT2D eigenvalue weighted by atomic mass is 79.9. The monoisotopic (exact) mass is 496 g/mol. The van der Waals surface area contributed by atoms with Crippen LogP contribution in [0.5, 0.6) is 0 Å². The van der Waals surface area contributed by atoms with E-state index in [-0.39, 0.29) is 12.3 Å². The lowest BCUT2D eigenvalue weighted by Gasteiger charge is -2.21. The van der Waals surface area contributed by atoms with Gasteiger partial charge < -0.3 is 4.52 Å². The number of aromatic nitrogens is 3. The SMILES string of the molecule is Cc1cc(C)cc(N(C(=O)CCc2nc(C)no2)c2nc(-c3ccc(Br)cc3)cs2)c1. The minimum atomic E-state index is -0.0717. The summed E-state index contributed by atoms with van der Waals surface area (Å²) < 4.78 is 6.18. The van der Waals surface area contributed by atoms with Crippen LogP contribution >= 0.6 is 27.3 Å². The van der Waals surface area contributed by atoms with Crippen molar-refractivity contribution < 1.29 is 9.32 Å². The fraction of sp³-hybridized carbons (Fsp3) is 0.217. The summed E-state index contributed by atoms with van der Waals surface area (Å²) in [6.07, 6.45) is 0.619. The molecule has 0 radical (unpaired) electrons. The van der Waals surface area contributed by atoms with Crippen molar-refractivity contribution in [3.63, 3.8) is 0 Å². The van der Waals surface area contributed by atoms with Crippen molar-refractivity contribution in [2.24, 2.45) is 0 Å². The van der Waals surface area contributed by atoms with Gasteiger partial charge in [-0.3, -0.25) is 9.69 Å². The average molecular weight is 497 g/mol. The average Bonchev–Trinajstić information content (AvgIpc) is 3.36. The molecule has 2 aromatic carbocycles. The van der Waals surface area contributed by atoms with Gasteiger partial charge in [0.1, 0.15) is 0 Å². The van der Waals surface area contributed by atoms with Crippen LogP contribution in [0.15, 0.2) is 56.8 Å². The van der Waals surface area contributed by atoms with Gasteiger partial charge in [-0.15, -0.1) is 11.3 Å². The number of rotatable bonds is 6. The van der Waals surface area contributed by atoms with Gasteiger partial charge in [-0.2, -0.15) is 4.98 Å². The molecule has 31 heavy (non-hydrogen) atoms. The zero-order valence-electron chi connectivity index (χ0n) is 17.4. The highest BCUT2D eigenvalue weighted by Gasteiger charge is 2.23. The van der Waals surface area contributed by atoms with Crippen molar-refractivity contribution in [2.75, 3.05) is 4.90 Å². The Morgan fingerprint density at radius 2 is 1.77 bits per heavy atom. The largest absolute Gasteiger partial charge is 0.339 e. The van der Waals surface area contributed by atoms with Gasteiger partial charge in [-0.25, -0.2) is 4.98 Å². The van der Waals surface area contributed by atoms with E-state index in [0.717, 1.165) is 32.5 Å². The Hall–Kier alpha value is -2.84. The highest BCUT2D eigenvalue weighted by molar-refractivity contribution is 9.10. The van der Waals surface area contributed by atoms with E-state index >= 15 is 0 Å². The van der Waals surface area contributed by atoms with Crippen LogP contribution in [-0.4, -0.2) is 21.0 Å². The number of hydrogen-bond donors (Lipinski definition) is 0. The van der Waals surface area contributed by atoms with Crippen LogP contribution in [0, 0.1) is 20.8 Å². The van der Waals surface area contributed by atoms with Crippen molar-refractivity contribution in [3.8, 4) is 11.3 Å². The maximum absolute atomic E-state index is 13.3. The maximum atomic E-state index is 13.3. The molecule has 0 N–H and O–H groups in total. The number of hydrogen-bond acceptors (Lipinski definition) is 6. The number of thiazole rings is 1. The van der Waals surface area contributed by atoms with Crippen LogP contribution in [-0.2, 0) is 11.2 Å². The summed E-state index contributed by atoms with van der Waals surface area (Å²) in [6, 6.07) is 14.1. The summed E-state index contributed by atoms with van der Waals surface area (Å²) >= 11 is 4.91. The van der Waals surface area contributed by atoms with E-state index in [9.17, 15) is 4.79 Å². The summed E-state index contributed by atoms with van der Waals surface area (Å²) in [5.41, 5.74) is 4.82. The van der Waals surface area contributed by atoms with E-state index in [1.165, 1.54) is 11.3 Å². The molecular formula is C23H21BrN4O2S. The van der Waals surface area contributed by atoms with Crippen LogP contribution in [0.3, 0.4) is 0 Å². The second-order valence-corrected chi connectivity index (χ2v) is 9.08. The van der Waals surface area contributed by atoms with Gasteiger partial charge in [0, 0.05) is 28.3 Å². The van der Waals surface area contributed by atoms with Crippen LogP contribution < -0.4 is 4.90 Å². The van der Waals surface area contributed by atoms with Crippen LogP contribution in [0.2, 0.25) is 0 Å². The van der Waals surface area contributed by atoms with Gasteiger partial charge in [0.25, 0.3) is 0 Å². The molecule has 0 aliphatic rings. The molecule has 0 aliphatic carbocycles. The molecule has 158 valence electrons. The number of carbonyl (C=O) groups excluding carboxylic acids is 1. The summed E-state index contributed by atoms with van der Waals surface area (Å²) in [5.74, 6) is 0.950. The number of amides is 1. The molecule has 0 fully saturated rings. The fourth-order valence-corrected chi connectivity index (χ4v) is 4.46. The predicted molar refractivity (Wildman–Crippen MR) is 126 cm³/mol. The van der Waals surface area contributed by atoms with Gasteiger partial charge in [0.15, 0.2) is 11.0 Å². The Kier molecular flexibility index (Phi) is 6.29. The van der Waals surface area contributed by atoms with E-state index in [1.54, 1.807) is 11.8 Å². The number of nitrogens with zero attached hydrogens (tertiary/aromatic N) is 4. The van der Waals surface area contributed by atoms with Crippen LogP contribution in [0.25, 0.3) is 11.3 Å². The van der Waals surface area contributed by atoms with Crippen molar-refractivity contribution >= 4 is 44.0 Å². The third-order valence-corrected chi connectivity index (χ3v) is 6.01. The molecule has 2 heterocycles. The third kappa shape index (κ3) is 5.08. The van der Waals surface area contributed by atoms with E-state index < -0.39 is 0 Å². The molecule has 0 aliphatic heterocycles. The van der Waals surface area contributed by atoms with Gasteiger partial charge in [-0.1, -0.05) is 39.3 Å². The molecular weight excluding hydrogens is 476 g/mol. The minimum Gasteiger partial charge on any atom is -0.339 e. The lowest BCUT2D eigenvalue weighted by Crippen LogP contribution is -2.26. The summed E-state index contributed by atoms with van der Waals surface area (Å²) in [4.78, 5) is 24.0. The van der Waals surface area contributed by atoms with Crippen molar-refractivity contribution in [1.82, 2.24) is 15.1 Å². The zero-order valence-corrected chi connectivity index (χ0v) is 19.8. The molecule has 0 saturated carbocycles. The minimum absolute atomic E-state index is 0.0717. The second kappa shape index (κ2) is 9.11. The number of anilines is 2. The molecule has 4 rings (SSSR count). The first-order valence-electron chi connectivity index (χ1n) is 9.81. The first kappa shape index (κ1) is 21.4. The molecule has 2 aromatic heterocycles. The summed E-state index contributed by atoms with van der Waals surface area (Å²) in [5, 5.41) is 6.41. The van der Waals surface area contributed by atoms with Gasteiger partial charge in [0.2, 0.25) is 11.8 Å². The van der Waals surface area contributed by atoms with E-state index in [1.807, 2.05) is 55.6 Å². The molecule has 6 nitrogen and oxygen atoms in total. The number of carbonyl (C=O) groups is 1. The lowest BCUT2D eigenvalue weighted by atomic mass is 10.1. The van der Waals surface area contributed by atoms with E-state index in [4.69, 9.17) is 9.51 Å². The normalized spacial score (nSPS) is 11.0. The molecule has 0 bridgehead atoms. The Morgan fingerprint density at radius 1 is 1.06 bits per heavy atom. The van der Waals surface area contributed by atoms with Gasteiger partial charge in [-0.05, 0) is 56.2 Å². The number of halogens is 1. The zero-order chi connectivity index (χ0) is 22.0. The van der Waals surface area contributed by atoms with Crippen molar-refractivity contribution in [1.29, 1.82) is 0 Å². The van der Waals surface area contributed by atoms with E-state index in [2.05, 4.69) is 32.1 Å². The highest BCUT2D eigenvalue weighted by Crippen LogP contribution is 2.34. The van der Waals surface area contributed by atoms with Crippen molar-refractivity contribution in [3.05, 3.63) is 75.2 Å². The predicted octanol–water partition coefficient (Wildman–Crippen LogP) is 6.18. The Morgan fingerprint density at radius 3 is 2.42 bits per heavy atom. The van der Waals surface area contributed by atoms with E-state index in [0.29, 0.717) is 23.3 Å². The topological polar surface area (TPSA) is 72.1 Å². The van der Waals surface area contributed by atoms with Crippen molar-refractivity contribution in [2.45, 2.75) is 33.6 Å². The molecule has 8 heteroatoms. The van der Waals surface area contributed by atoms with Gasteiger partial charge in [0.05, 0.1) is 11.4 Å². The molecule has 0 unspecified atom stereocenters. The maximum Gasteiger partial charge on any atom is 0.233 e. The Balaban J connectivity index is 1.66. The van der Waals surface area contributed by atoms with Gasteiger partial charge >= 0.3 is 0 Å². The van der Waals surface area contributed by atoms with Crippen LogP contribution in [0.1, 0.15) is 29.3 Å². The number of aryl methyl sites for hydroxylation is 4.